The Morgan fingerprint density at radius 2 is 1.62 bits per heavy atom. The maximum atomic E-state index is 13.4. The van der Waals surface area contributed by atoms with Crippen molar-refractivity contribution in [2.24, 2.45) is 0 Å². The Morgan fingerprint density at radius 3 is 2.23 bits per heavy atom. The first-order valence-electron chi connectivity index (χ1n) is 12.3. The Hall–Kier alpha value is -2.74. The van der Waals surface area contributed by atoms with Crippen molar-refractivity contribution in [3.05, 3.63) is 64.7 Å². The normalized spacial score (nSPS) is 23.4. The van der Waals surface area contributed by atoms with Crippen molar-refractivity contribution >= 4 is 23.1 Å². The first kappa shape index (κ1) is 30.8. The van der Waals surface area contributed by atoms with E-state index in [1.54, 1.807) is 42.5 Å². The van der Waals surface area contributed by atoms with Gasteiger partial charge in [-0.15, -0.1) is 0 Å². The van der Waals surface area contributed by atoms with Gasteiger partial charge in [0.05, 0.1) is 34.0 Å². The molecule has 2 aromatic carbocycles. The van der Waals surface area contributed by atoms with Crippen molar-refractivity contribution in [3.63, 3.8) is 0 Å². The minimum Gasteiger partial charge on any atom is -0.493 e. The number of methoxy groups -OCH3 is 2. The summed E-state index contributed by atoms with van der Waals surface area (Å²) in [6, 6.07) is 12.2. The fourth-order valence-corrected chi connectivity index (χ4v) is 4.24. The number of nitrogens with zero attached hydrogens (tertiary/aromatic N) is 1. The molecule has 0 unspecified atom stereocenters. The van der Waals surface area contributed by atoms with Crippen LogP contribution in [0.1, 0.15) is 11.1 Å². The van der Waals surface area contributed by atoms with Gasteiger partial charge in [-0.1, -0.05) is 29.8 Å². The van der Waals surface area contributed by atoms with Crippen molar-refractivity contribution in [2.45, 2.75) is 30.7 Å². The molecule has 5 N–H and O–H groups in total. The molecular weight excluding hydrogens is 534 g/mol. The Labute approximate surface area is 231 Å². The number of hydrogen-bond donors (Lipinski definition) is 5. The molecule has 11 nitrogen and oxygen atoms in total. The number of aliphatic hydroxyl groups is 5. The van der Waals surface area contributed by atoms with E-state index in [1.807, 2.05) is 0 Å². The summed E-state index contributed by atoms with van der Waals surface area (Å²) in [6.07, 6.45) is -5.68. The highest BCUT2D eigenvalue weighted by Crippen LogP contribution is 2.33. The molecule has 2 aromatic rings. The van der Waals surface area contributed by atoms with Crippen LogP contribution in [0.4, 0.5) is 0 Å². The first-order chi connectivity index (χ1) is 18.7. The molecule has 0 aromatic heterocycles. The Kier molecular flexibility index (Phi) is 11.5. The number of aliphatic hydroxyl groups excluding tert-OH is 5. The lowest BCUT2D eigenvalue weighted by Crippen LogP contribution is -2.59. The Bertz CT molecular complexity index is 1110. The summed E-state index contributed by atoms with van der Waals surface area (Å²) in [4.78, 5) is 14.7. The molecule has 1 saturated heterocycles. The Morgan fingerprint density at radius 1 is 0.949 bits per heavy atom. The van der Waals surface area contributed by atoms with Crippen LogP contribution in [0, 0.1) is 0 Å². The average molecular weight is 568 g/mol. The van der Waals surface area contributed by atoms with E-state index in [0.29, 0.717) is 33.2 Å². The summed E-state index contributed by atoms with van der Waals surface area (Å²) >= 11 is 6.07. The molecule has 1 aliphatic rings. The van der Waals surface area contributed by atoms with Gasteiger partial charge in [0.2, 0.25) is 5.91 Å². The van der Waals surface area contributed by atoms with Gasteiger partial charge in [0.25, 0.3) is 0 Å². The molecule has 1 amide bonds. The summed E-state index contributed by atoms with van der Waals surface area (Å²) in [5.74, 6) is 0.568. The molecule has 0 aliphatic carbocycles. The zero-order chi connectivity index (χ0) is 28.5. The molecule has 5 atom stereocenters. The van der Waals surface area contributed by atoms with Crippen molar-refractivity contribution < 1.29 is 49.3 Å². The third kappa shape index (κ3) is 7.68. The van der Waals surface area contributed by atoms with Gasteiger partial charge in [-0.05, 0) is 41.0 Å². The summed E-state index contributed by atoms with van der Waals surface area (Å²) in [7, 11) is 3.03. The van der Waals surface area contributed by atoms with E-state index in [-0.39, 0.29) is 26.3 Å². The molecule has 12 heteroatoms. The lowest BCUT2D eigenvalue weighted by Gasteiger charge is -2.39. The smallest absolute Gasteiger partial charge is 0.247 e. The second kappa shape index (κ2) is 14.6. The van der Waals surface area contributed by atoms with Crippen LogP contribution in [0.5, 0.6) is 11.5 Å². The van der Waals surface area contributed by atoms with Gasteiger partial charge in [0.15, 0.2) is 17.8 Å². The summed E-state index contributed by atoms with van der Waals surface area (Å²) in [5, 5.41) is 49.5. The predicted molar refractivity (Wildman–Crippen MR) is 141 cm³/mol. The van der Waals surface area contributed by atoms with Gasteiger partial charge >= 0.3 is 0 Å². The van der Waals surface area contributed by atoms with Gasteiger partial charge in [0.1, 0.15) is 24.4 Å². The number of halogens is 1. The molecule has 0 radical (unpaired) electrons. The third-order valence-electron chi connectivity index (χ3n) is 6.29. The van der Waals surface area contributed by atoms with Crippen LogP contribution < -0.4 is 9.47 Å². The molecule has 1 aliphatic heterocycles. The van der Waals surface area contributed by atoms with Gasteiger partial charge in [-0.2, -0.15) is 0 Å². The minimum absolute atomic E-state index is 0.00471. The molecule has 0 spiro atoms. The standard InChI is InChI=1S/C27H34ClNO10/c1-36-20-8-5-17(13-21(20)37-2)19(16-3-6-18(28)7-4-16)14-23(32)29(9-11-30)10-12-38-27-26(35)25(34)24(33)22(15-31)39-27/h3-8,13-14,22,24-27,30-31,33-35H,9-12,15H2,1-2H3/b19-14-/t22-,24-,25+,26-,27-/m1/s1. The SMILES string of the molecule is COc1ccc(/C(=C\C(=O)N(CCO)CCO[C@@H]2O[C@H](CO)[C@@H](O)[C@H](O)[C@H]2O)c2ccc(Cl)cc2)cc1OC. The molecule has 0 bridgehead atoms. The lowest BCUT2D eigenvalue weighted by molar-refractivity contribution is -0.301. The topological polar surface area (TPSA) is 158 Å². The quantitative estimate of drug-likeness (QED) is 0.228. The van der Waals surface area contributed by atoms with E-state index in [0.717, 1.165) is 0 Å². The Balaban J connectivity index is 1.82. The first-order valence-corrected chi connectivity index (χ1v) is 12.6. The molecule has 1 fully saturated rings. The van der Waals surface area contributed by atoms with Gasteiger partial charge in [-0.3, -0.25) is 4.79 Å². The average Bonchev–Trinajstić information content (AvgIpc) is 2.95. The fourth-order valence-electron chi connectivity index (χ4n) is 4.12. The maximum absolute atomic E-state index is 13.4. The van der Waals surface area contributed by atoms with E-state index >= 15 is 0 Å². The van der Waals surface area contributed by atoms with E-state index in [2.05, 4.69) is 0 Å². The van der Waals surface area contributed by atoms with E-state index < -0.39 is 43.2 Å². The minimum atomic E-state index is -1.58. The number of carbonyl (C=O) groups excluding carboxylic acids is 1. The van der Waals surface area contributed by atoms with Crippen LogP contribution in [0.15, 0.2) is 48.5 Å². The van der Waals surface area contributed by atoms with Crippen LogP contribution in [0.25, 0.3) is 5.57 Å². The fraction of sp³-hybridized carbons (Fsp3) is 0.444. The summed E-state index contributed by atoms with van der Waals surface area (Å²) < 4.78 is 21.6. The van der Waals surface area contributed by atoms with E-state index in [9.17, 15) is 30.3 Å². The van der Waals surface area contributed by atoms with Crippen molar-refractivity contribution in [1.29, 1.82) is 0 Å². The lowest BCUT2D eigenvalue weighted by atomic mass is 9.96. The molecule has 39 heavy (non-hydrogen) atoms. The second-order valence-electron chi connectivity index (χ2n) is 8.75. The number of ether oxygens (including phenoxy) is 4. The van der Waals surface area contributed by atoms with Crippen LogP contribution in [-0.4, -0.2) is 114 Å². The number of benzene rings is 2. The molecule has 3 rings (SSSR count). The summed E-state index contributed by atoms with van der Waals surface area (Å²) in [6.45, 7) is -1.03. The number of amides is 1. The van der Waals surface area contributed by atoms with Gasteiger partial charge < -0.3 is 49.4 Å². The van der Waals surface area contributed by atoms with Crippen LogP contribution in [-0.2, 0) is 14.3 Å². The second-order valence-corrected chi connectivity index (χ2v) is 9.19. The van der Waals surface area contributed by atoms with Crippen LogP contribution in [0.3, 0.4) is 0 Å². The monoisotopic (exact) mass is 567 g/mol. The van der Waals surface area contributed by atoms with E-state index in [1.165, 1.54) is 25.2 Å². The number of hydrogen-bond acceptors (Lipinski definition) is 10. The molecule has 214 valence electrons. The third-order valence-corrected chi connectivity index (χ3v) is 6.54. The number of rotatable bonds is 12. The zero-order valence-electron chi connectivity index (χ0n) is 21.6. The van der Waals surface area contributed by atoms with Crippen molar-refractivity contribution in [2.75, 3.05) is 47.1 Å². The van der Waals surface area contributed by atoms with Gasteiger partial charge in [0, 0.05) is 24.2 Å². The molecule has 1 heterocycles. The maximum Gasteiger partial charge on any atom is 0.247 e. The van der Waals surface area contributed by atoms with E-state index in [4.69, 9.17) is 30.5 Å². The highest BCUT2D eigenvalue weighted by Gasteiger charge is 2.44. The summed E-state index contributed by atoms with van der Waals surface area (Å²) in [5.41, 5.74) is 1.95. The molecular formula is C27H34ClNO10. The molecule has 0 saturated carbocycles. The van der Waals surface area contributed by atoms with Crippen molar-refractivity contribution in [1.82, 2.24) is 4.90 Å². The highest BCUT2D eigenvalue weighted by atomic mass is 35.5. The van der Waals surface area contributed by atoms with Crippen LogP contribution in [0.2, 0.25) is 5.02 Å². The largest absolute Gasteiger partial charge is 0.493 e. The zero-order valence-corrected chi connectivity index (χ0v) is 22.4. The van der Waals surface area contributed by atoms with Gasteiger partial charge in [-0.25, -0.2) is 0 Å². The van der Waals surface area contributed by atoms with Crippen LogP contribution >= 0.6 is 11.6 Å². The number of carbonyl (C=O) groups is 1. The predicted octanol–water partition coefficient (Wildman–Crippen LogP) is 0.426. The highest BCUT2D eigenvalue weighted by molar-refractivity contribution is 6.30. The van der Waals surface area contributed by atoms with Crippen molar-refractivity contribution in [3.8, 4) is 11.5 Å².